The number of ether oxygens (including phenoxy) is 1. The van der Waals surface area contributed by atoms with Gasteiger partial charge in [0.15, 0.2) is 12.0 Å². The summed E-state index contributed by atoms with van der Waals surface area (Å²) < 4.78 is 5.37. The van der Waals surface area contributed by atoms with Gasteiger partial charge in [-0.1, -0.05) is 13.8 Å². The summed E-state index contributed by atoms with van der Waals surface area (Å²) in [6.45, 7) is 5.30. The maximum atomic E-state index is 5.37. The third-order valence-electron chi connectivity index (χ3n) is 2.69. The van der Waals surface area contributed by atoms with Crippen LogP contribution >= 0.6 is 0 Å². The lowest BCUT2D eigenvalue weighted by molar-refractivity contribution is -0.458. The van der Waals surface area contributed by atoms with Crippen LogP contribution < -0.4 is 9.73 Å². The number of methoxy groups -OCH3 is 1. The van der Waals surface area contributed by atoms with Gasteiger partial charge in [0.05, 0.1) is 18.5 Å². The Labute approximate surface area is 107 Å². The minimum Gasteiger partial charge on any atom is -0.494 e. The van der Waals surface area contributed by atoms with Crippen molar-refractivity contribution in [1.29, 1.82) is 0 Å². The maximum Gasteiger partial charge on any atom is 0.189 e. The molecule has 2 aromatic rings. The minimum atomic E-state index is 0.616. The Morgan fingerprint density at radius 1 is 1.39 bits per heavy atom. The molecule has 0 saturated carbocycles. The maximum absolute atomic E-state index is 5.37. The van der Waals surface area contributed by atoms with E-state index < -0.39 is 0 Å². The highest BCUT2D eigenvalue weighted by atomic mass is 16.5. The fourth-order valence-electron chi connectivity index (χ4n) is 1.77. The zero-order chi connectivity index (χ0) is 13.0. The normalized spacial score (nSPS) is 11.6. The van der Waals surface area contributed by atoms with Crippen LogP contribution in [-0.4, -0.2) is 29.8 Å². The molecule has 96 valence electrons. The van der Waals surface area contributed by atoms with Gasteiger partial charge in [-0.2, -0.15) is 0 Å². The average molecular weight is 246 g/mol. The number of rotatable bonds is 5. The highest BCUT2D eigenvalue weighted by Gasteiger charge is 2.10. The first-order valence-corrected chi connectivity index (χ1v) is 6.18. The number of aromatic amines is 2. The minimum absolute atomic E-state index is 0.616. The third-order valence-corrected chi connectivity index (χ3v) is 2.69. The molecule has 0 fully saturated rings. The number of nitrogens with one attached hydrogen (secondary N) is 3. The van der Waals surface area contributed by atoms with Crippen LogP contribution in [0.5, 0.6) is 5.75 Å². The monoisotopic (exact) mass is 246 g/mol. The fourth-order valence-corrected chi connectivity index (χ4v) is 1.77. The van der Waals surface area contributed by atoms with Gasteiger partial charge in [0.1, 0.15) is 12.2 Å². The zero-order valence-corrected chi connectivity index (χ0v) is 11.1. The molecule has 0 bridgehead atoms. The fraction of sp³-hybridized carbons (Fsp3) is 0.357. The molecule has 0 spiro atoms. The second kappa shape index (κ2) is 5.58. The Morgan fingerprint density at radius 2 is 2.22 bits per heavy atom. The first-order chi connectivity index (χ1) is 8.70. The molecule has 0 aliphatic rings. The molecule has 0 unspecified atom stereocenters. The number of aromatic nitrogens is 2. The van der Waals surface area contributed by atoms with Crippen molar-refractivity contribution in [2.45, 2.75) is 13.8 Å². The third kappa shape index (κ3) is 2.83. The lowest BCUT2D eigenvalue weighted by atomic mass is 10.2. The van der Waals surface area contributed by atoms with Crippen molar-refractivity contribution in [3.05, 3.63) is 30.1 Å². The van der Waals surface area contributed by atoms with E-state index in [1.807, 2.05) is 30.6 Å². The highest BCUT2D eigenvalue weighted by Crippen LogP contribution is 2.24. The van der Waals surface area contributed by atoms with Crippen molar-refractivity contribution in [2.24, 2.45) is 5.92 Å². The second-order valence-corrected chi connectivity index (χ2v) is 4.70. The van der Waals surface area contributed by atoms with Crippen molar-refractivity contribution < 1.29 is 9.73 Å². The zero-order valence-electron chi connectivity index (χ0n) is 11.1. The van der Waals surface area contributed by atoms with E-state index in [9.17, 15) is 0 Å². The van der Waals surface area contributed by atoms with Crippen molar-refractivity contribution in [1.82, 2.24) is 9.97 Å². The lowest BCUT2D eigenvalue weighted by Gasteiger charge is -1.94. The molecule has 2 rings (SSSR count). The van der Waals surface area contributed by atoms with Crippen LogP contribution in [-0.2, 0) is 0 Å². The van der Waals surface area contributed by atoms with Gasteiger partial charge in [-0.25, -0.2) is 4.99 Å². The van der Waals surface area contributed by atoms with Gasteiger partial charge in [-0.15, -0.1) is 0 Å². The van der Waals surface area contributed by atoms with Gasteiger partial charge in [0, 0.05) is 18.2 Å². The molecule has 0 atom stereocenters. The quantitative estimate of drug-likeness (QED) is 0.682. The molecule has 0 aliphatic carbocycles. The molecule has 0 amide bonds. The number of hydrogen-bond donors (Lipinski definition) is 3. The smallest absolute Gasteiger partial charge is 0.189 e. The van der Waals surface area contributed by atoms with E-state index in [2.05, 4.69) is 28.8 Å². The summed E-state index contributed by atoms with van der Waals surface area (Å²) in [4.78, 5) is 9.79. The van der Waals surface area contributed by atoms with Crippen LogP contribution in [0.3, 0.4) is 0 Å². The Bertz CT molecular complexity index is 509. The van der Waals surface area contributed by atoms with Crippen LogP contribution in [0.2, 0.25) is 0 Å². The molecule has 0 aliphatic heterocycles. The molecular weight excluding hydrogens is 226 g/mol. The SMILES string of the molecule is COc1cc(-c2ccc[nH]2)[nH]c1C=[NH+]CC(C)C. The van der Waals surface area contributed by atoms with Gasteiger partial charge in [0.2, 0.25) is 0 Å². The van der Waals surface area contributed by atoms with E-state index in [-0.39, 0.29) is 0 Å². The molecule has 3 N–H and O–H groups in total. The summed E-state index contributed by atoms with van der Waals surface area (Å²) in [5, 5.41) is 0. The molecule has 4 heteroatoms. The van der Waals surface area contributed by atoms with Gasteiger partial charge in [0.25, 0.3) is 0 Å². The standard InChI is InChI=1S/C14H19N3O/c1-10(2)8-15-9-13-14(18-3)7-12(17-13)11-5-4-6-16-11/h4-7,9-10,16-17H,8H2,1-3H3/p+1. The molecule has 0 saturated heterocycles. The first kappa shape index (κ1) is 12.5. The van der Waals surface area contributed by atoms with Crippen LogP contribution in [0, 0.1) is 5.92 Å². The molecule has 4 nitrogen and oxygen atoms in total. The Kier molecular flexibility index (Phi) is 3.87. The summed E-state index contributed by atoms with van der Waals surface area (Å²) in [5.41, 5.74) is 3.04. The van der Waals surface area contributed by atoms with E-state index >= 15 is 0 Å². The number of H-pyrrole nitrogens is 2. The molecule has 2 aromatic heterocycles. The summed E-state index contributed by atoms with van der Waals surface area (Å²) in [6, 6.07) is 5.99. The second-order valence-electron chi connectivity index (χ2n) is 4.70. The number of hydrogen-bond acceptors (Lipinski definition) is 1. The van der Waals surface area contributed by atoms with E-state index in [0.717, 1.165) is 29.4 Å². The predicted molar refractivity (Wildman–Crippen MR) is 73.0 cm³/mol. The van der Waals surface area contributed by atoms with Crippen molar-refractivity contribution in [2.75, 3.05) is 13.7 Å². The van der Waals surface area contributed by atoms with E-state index in [4.69, 9.17) is 4.74 Å². The molecule has 18 heavy (non-hydrogen) atoms. The largest absolute Gasteiger partial charge is 0.494 e. The van der Waals surface area contributed by atoms with Gasteiger partial charge in [-0.3, -0.25) is 0 Å². The van der Waals surface area contributed by atoms with Gasteiger partial charge in [-0.05, 0) is 12.1 Å². The van der Waals surface area contributed by atoms with E-state index in [1.165, 1.54) is 0 Å². The summed E-state index contributed by atoms with van der Waals surface area (Å²) in [7, 11) is 1.68. The van der Waals surface area contributed by atoms with Crippen LogP contribution in [0.15, 0.2) is 24.4 Å². The highest BCUT2D eigenvalue weighted by molar-refractivity contribution is 5.80. The topological polar surface area (TPSA) is 54.8 Å². The Hall–Kier alpha value is -1.97. The van der Waals surface area contributed by atoms with Crippen molar-refractivity contribution in [3.63, 3.8) is 0 Å². The molecule has 0 aromatic carbocycles. The first-order valence-electron chi connectivity index (χ1n) is 6.18. The lowest BCUT2D eigenvalue weighted by Crippen LogP contribution is -2.70. The molecule has 2 heterocycles. The van der Waals surface area contributed by atoms with Crippen LogP contribution in [0.1, 0.15) is 19.5 Å². The molecule has 0 radical (unpaired) electrons. The Balaban J connectivity index is 2.22. The molecular formula is C14H20N3O+. The average Bonchev–Trinajstić information content (AvgIpc) is 2.96. The van der Waals surface area contributed by atoms with E-state index in [1.54, 1.807) is 7.11 Å². The van der Waals surface area contributed by atoms with Crippen molar-refractivity contribution >= 4 is 6.21 Å². The summed E-state index contributed by atoms with van der Waals surface area (Å²) in [6.07, 6.45) is 3.87. The van der Waals surface area contributed by atoms with E-state index in [0.29, 0.717) is 5.92 Å². The van der Waals surface area contributed by atoms with Gasteiger partial charge >= 0.3 is 0 Å². The van der Waals surface area contributed by atoms with Crippen molar-refractivity contribution in [3.8, 4) is 17.1 Å². The van der Waals surface area contributed by atoms with Crippen LogP contribution in [0.25, 0.3) is 11.4 Å². The predicted octanol–water partition coefficient (Wildman–Crippen LogP) is 1.17. The summed E-state index contributed by atoms with van der Waals surface area (Å²) >= 11 is 0. The summed E-state index contributed by atoms with van der Waals surface area (Å²) in [5.74, 6) is 1.46. The van der Waals surface area contributed by atoms with Gasteiger partial charge < -0.3 is 14.7 Å². The Morgan fingerprint density at radius 3 is 2.83 bits per heavy atom. The van der Waals surface area contributed by atoms with Crippen LogP contribution in [0.4, 0.5) is 0 Å².